The number of hydrogen-bond donors (Lipinski definition) is 2. The van der Waals surface area contributed by atoms with E-state index in [4.69, 9.17) is 0 Å². The van der Waals surface area contributed by atoms with Gasteiger partial charge in [-0.3, -0.25) is 0 Å². The minimum atomic E-state index is 0.775. The van der Waals surface area contributed by atoms with E-state index >= 15 is 0 Å². The summed E-state index contributed by atoms with van der Waals surface area (Å²) in [4.78, 5) is 0. The monoisotopic (exact) mass is 208 g/mol. The normalized spacial score (nSPS) is 31.0. The minimum absolute atomic E-state index is 0.775. The Kier molecular flexibility index (Phi) is 2.52. The van der Waals surface area contributed by atoms with Gasteiger partial charge in [-0.15, -0.1) is 0 Å². The highest BCUT2D eigenvalue weighted by Gasteiger charge is 2.53. The summed E-state index contributed by atoms with van der Waals surface area (Å²) in [5.74, 6) is 2.90. The summed E-state index contributed by atoms with van der Waals surface area (Å²) in [7, 11) is 0. The fraction of sp³-hybridized carbons (Fsp3) is 1.00. The molecule has 3 aliphatic rings. The maximum atomic E-state index is 3.73. The minimum Gasteiger partial charge on any atom is -0.316 e. The first-order valence-corrected chi connectivity index (χ1v) is 6.72. The summed E-state index contributed by atoms with van der Waals surface area (Å²) in [5.41, 5.74) is 0.775. The predicted octanol–water partition coefficient (Wildman–Crippen LogP) is 1.62. The third-order valence-electron chi connectivity index (χ3n) is 4.90. The van der Waals surface area contributed by atoms with Crippen molar-refractivity contribution in [3.8, 4) is 0 Å². The van der Waals surface area contributed by atoms with Gasteiger partial charge in [0.25, 0.3) is 0 Å². The highest BCUT2D eigenvalue weighted by atomic mass is 15.0. The second-order valence-electron chi connectivity index (χ2n) is 6.16. The van der Waals surface area contributed by atoms with E-state index in [2.05, 4.69) is 17.6 Å². The van der Waals surface area contributed by atoms with Gasteiger partial charge in [-0.2, -0.15) is 0 Å². The number of hydrogen-bond acceptors (Lipinski definition) is 2. The summed E-state index contributed by atoms with van der Waals surface area (Å²) in [5, 5.41) is 7.09. The van der Waals surface area contributed by atoms with Crippen molar-refractivity contribution in [2.45, 2.75) is 32.6 Å². The van der Waals surface area contributed by atoms with Crippen LogP contribution in [-0.4, -0.2) is 26.2 Å². The van der Waals surface area contributed by atoms with Gasteiger partial charge in [-0.25, -0.2) is 0 Å². The van der Waals surface area contributed by atoms with Crippen LogP contribution >= 0.6 is 0 Å². The third kappa shape index (κ3) is 2.07. The first-order valence-electron chi connectivity index (χ1n) is 6.72. The van der Waals surface area contributed by atoms with Gasteiger partial charge in [0, 0.05) is 6.54 Å². The molecule has 1 atom stereocenters. The molecule has 3 rings (SSSR count). The van der Waals surface area contributed by atoms with Crippen LogP contribution in [0.25, 0.3) is 0 Å². The summed E-state index contributed by atoms with van der Waals surface area (Å²) >= 11 is 0. The van der Waals surface area contributed by atoms with Gasteiger partial charge in [0.2, 0.25) is 0 Å². The van der Waals surface area contributed by atoms with Gasteiger partial charge in [-0.1, -0.05) is 6.92 Å². The highest BCUT2D eigenvalue weighted by Crippen LogP contribution is 2.60. The summed E-state index contributed by atoms with van der Waals surface area (Å²) in [6.45, 7) is 7.44. The van der Waals surface area contributed by atoms with Crippen molar-refractivity contribution in [1.82, 2.24) is 10.6 Å². The van der Waals surface area contributed by atoms with Crippen molar-refractivity contribution in [2.75, 3.05) is 26.2 Å². The molecule has 2 nitrogen and oxygen atoms in total. The van der Waals surface area contributed by atoms with Crippen molar-refractivity contribution < 1.29 is 0 Å². The molecule has 0 spiro atoms. The van der Waals surface area contributed by atoms with E-state index in [9.17, 15) is 0 Å². The lowest BCUT2D eigenvalue weighted by molar-refractivity contribution is 0.237. The molecule has 3 fully saturated rings. The third-order valence-corrected chi connectivity index (χ3v) is 4.90. The molecule has 86 valence electrons. The van der Waals surface area contributed by atoms with Crippen LogP contribution in [0.4, 0.5) is 0 Å². The zero-order valence-corrected chi connectivity index (χ0v) is 9.89. The van der Waals surface area contributed by atoms with Gasteiger partial charge in [0.05, 0.1) is 0 Å². The molecular formula is C13H24N2. The lowest BCUT2D eigenvalue weighted by atomic mass is 9.89. The maximum Gasteiger partial charge on any atom is 0.00106 e. The standard InChI is InChI=1S/C13H24N2/c1-10(11-7-14-8-11)6-15-9-13(4-5-13)12-2-3-12/h10-12,14-15H,2-9H2,1H3. The Morgan fingerprint density at radius 3 is 2.53 bits per heavy atom. The van der Waals surface area contributed by atoms with E-state index in [1.807, 2.05) is 0 Å². The van der Waals surface area contributed by atoms with Crippen LogP contribution in [0.15, 0.2) is 0 Å². The number of rotatable bonds is 6. The molecule has 2 aliphatic carbocycles. The lowest BCUT2D eigenvalue weighted by Crippen LogP contribution is -2.48. The first-order chi connectivity index (χ1) is 7.30. The zero-order chi connectivity index (χ0) is 10.3. The fourth-order valence-electron chi connectivity index (χ4n) is 3.01. The van der Waals surface area contributed by atoms with Crippen LogP contribution in [0.5, 0.6) is 0 Å². The second-order valence-corrected chi connectivity index (χ2v) is 6.16. The molecule has 0 radical (unpaired) electrons. The molecule has 2 N–H and O–H groups in total. The zero-order valence-electron chi connectivity index (χ0n) is 9.89. The molecule has 1 aliphatic heterocycles. The molecule has 0 aromatic carbocycles. The maximum absolute atomic E-state index is 3.73. The van der Waals surface area contributed by atoms with Crippen LogP contribution < -0.4 is 10.6 Å². The van der Waals surface area contributed by atoms with Gasteiger partial charge < -0.3 is 10.6 Å². The summed E-state index contributed by atoms with van der Waals surface area (Å²) in [6, 6.07) is 0. The topological polar surface area (TPSA) is 24.1 Å². The molecule has 0 aromatic heterocycles. The van der Waals surface area contributed by atoms with E-state index in [-0.39, 0.29) is 0 Å². The van der Waals surface area contributed by atoms with E-state index in [1.165, 1.54) is 51.9 Å². The summed E-state index contributed by atoms with van der Waals surface area (Å²) < 4.78 is 0. The van der Waals surface area contributed by atoms with Crippen LogP contribution in [0.2, 0.25) is 0 Å². The Morgan fingerprint density at radius 2 is 2.07 bits per heavy atom. The van der Waals surface area contributed by atoms with Crippen molar-refractivity contribution in [3.05, 3.63) is 0 Å². The van der Waals surface area contributed by atoms with Crippen molar-refractivity contribution in [2.24, 2.45) is 23.2 Å². The van der Waals surface area contributed by atoms with Crippen LogP contribution in [0, 0.1) is 23.2 Å². The van der Waals surface area contributed by atoms with E-state index in [0.717, 1.165) is 23.2 Å². The molecule has 0 amide bonds. The number of nitrogens with one attached hydrogen (secondary N) is 2. The van der Waals surface area contributed by atoms with Crippen LogP contribution in [-0.2, 0) is 0 Å². The Bertz CT molecular complexity index is 227. The van der Waals surface area contributed by atoms with Crippen molar-refractivity contribution in [3.63, 3.8) is 0 Å². The molecule has 15 heavy (non-hydrogen) atoms. The van der Waals surface area contributed by atoms with Crippen molar-refractivity contribution in [1.29, 1.82) is 0 Å². The smallest absolute Gasteiger partial charge is 0.00106 e. The molecule has 1 unspecified atom stereocenters. The molecule has 2 heteroatoms. The predicted molar refractivity (Wildman–Crippen MR) is 62.8 cm³/mol. The van der Waals surface area contributed by atoms with Gasteiger partial charge in [-0.05, 0) is 68.5 Å². The molecule has 2 saturated carbocycles. The average Bonchev–Trinajstić information content (AvgIpc) is 2.96. The van der Waals surface area contributed by atoms with Gasteiger partial charge >= 0.3 is 0 Å². The van der Waals surface area contributed by atoms with E-state index in [0.29, 0.717) is 0 Å². The highest BCUT2D eigenvalue weighted by molar-refractivity contribution is 5.05. The van der Waals surface area contributed by atoms with Crippen LogP contribution in [0.3, 0.4) is 0 Å². The Hall–Kier alpha value is -0.0800. The molecule has 1 heterocycles. The lowest BCUT2D eigenvalue weighted by Gasteiger charge is -2.33. The first kappa shape index (κ1) is 10.1. The van der Waals surface area contributed by atoms with Gasteiger partial charge in [0.1, 0.15) is 0 Å². The second kappa shape index (κ2) is 3.74. The quantitative estimate of drug-likeness (QED) is 0.693. The Labute approximate surface area is 93.2 Å². The molecular weight excluding hydrogens is 184 g/mol. The molecule has 0 aromatic rings. The fourth-order valence-corrected chi connectivity index (χ4v) is 3.01. The van der Waals surface area contributed by atoms with E-state index < -0.39 is 0 Å². The average molecular weight is 208 g/mol. The van der Waals surface area contributed by atoms with Gasteiger partial charge in [0.15, 0.2) is 0 Å². The SMILES string of the molecule is CC(CNCC1(C2CC2)CC1)C1CNC1. The Morgan fingerprint density at radius 1 is 1.33 bits per heavy atom. The molecule has 0 bridgehead atoms. The summed E-state index contributed by atoms with van der Waals surface area (Å²) in [6.07, 6.45) is 6.04. The van der Waals surface area contributed by atoms with E-state index in [1.54, 1.807) is 0 Å². The van der Waals surface area contributed by atoms with Crippen LogP contribution in [0.1, 0.15) is 32.6 Å². The Balaban J connectivity index is 1.35. The molecule has 1 saturated heterocycles. The van der Waals surface area contributed by atoms with Crippen molar-refractivity contribution >= 4 is 0 Å². The largest absolute Gasteiger partial charge is 0.316 e.